The maximum absolute atomic E-state index is 15.5. The van der Waals surface area contributed by atoms with Gasteiger partial charge in [0.05, 0.1) is 47.4 Å². The van der Waals surface area contributed by atoms with E-state index in [4.69, 9.17) is 24.5 Å². The summed E-state index contributed by atoms with van der Waals surface area (Å²) in [5.41, 5.74) is 1.79. The number of likely N-dealkylation sites (tertiary alicyclic amines) is 1. The number of fused-ring (bicyclic) bond motifs is 1. The summed E-state index contributed by atoms with van der Waals surface area (Å²) >= 11 is 0. The van der Waals surface area contributed by atoms with E-state index in [0.29, 0.717) is 56.4 Å². The summed E-state index contributed by atoms with van der Waals surface area (Å²) in [6, 6.07) is 10.7. The highest BCUT2D eigenvalue weighted by atomic mass is 19.1. The minimum atomic E-state index is -1.28. The lowest BCUT2D eigenvalue weighted by Gasteiger charge is -2.35. The summed E-state index contributed by atoms with van der Waals surface area (Å²) < 4.78 is 48.9. The minimum absolute atomic E-state index is 0.00406. The quantitative estimate of drug-likeness (QED) is 0.368. The maximum atomic E-state index is 15.5. The third-order valence-corrected chi connectivity index (χ3v) is 8.09. The molecular formula is C31H32F2N6O5. The Labute approximate surface area is 252 Å². The van der Waals surface area contributed by atoms with E-state index in [1.165, 1.54) is 18.2 Å². The highest BCUT2D eigenvalue weighted by Gasteiger charge is 2.33. The topological polar surface area (TPSA) is 125 Å². The molecule has 13 heteroatoms. The summed E-state index contributed by atoms with van der Waals surface area (Å²) in [7, 11) is 1.81. The number of likely N-dealkylation sites (N-methyl/N-ethyl adjacent to an activating group) is 1. The fourth-order valence-electron chi connectivity index (χ4n) is 5.47. The Morgan fingerprint density at radius 2 is 2.09 bits per heavy atom. The first-order chi connectivity index (χ1) is 21.3. The Hall–Kier alpha value is -4.54. The molecule has 230 valence electrons. The molecule has 6 rings (SSSR count). The number of imidazole rings is 1. The number of carbonyl (C=O) groups is 1. The molecule has 3 atom stereocenters. The predicted octanol–water partition coefficient (Wildman–Crippen LogP) is 3.73. The summed E-state index contributed by atoms with van der Waals surface area (Å²) in [4.78, 5) is 24.6. The number of nitrogens with zero attached hydrogens (tertiary/aromatic N) is 6. The number of piperidine rings is 1. The first kappa shape index (κ1) is 29.5. The number of aromatic nitrogens is 2. The number of rotatable bonds is 10. The number of hydrogen-bond donors (Lipinski definition) is 1. The fraction of sp³-hybridized carbons (Fsp3) is 0.419. The summed E-state index contributed by atoms with van der Waals surface area (Å²) in [5, 5.41) is 18.4. The van der Waals surface area contributed by atoms with Crippen LogP contribution in [0.25, 0.3) is 11.0 Å². The molecule has 3 aliphatic heterocycles. The molecule has 1 N–H and O–H groups in total. The molecule has 2 aromatic carbocycles. The summed E-state index contributed by atoms with van der Waals surface area (Å²) in [6.07, 6.45) is 1.18. The van der Waals surface area contributed by atoms with Crippen LogP contribution in [-0.2, 0) is 22.6 Å². The van der Waals surface area contributed by atoms with E-state index >= 15 is 4.39 Å². The number of nitriles is 1. The zero-order valence-electron chi connectivity index (χ0n) is 24.2. The van der Waals surface area contributed by atoms with Gasteiger partial charge >= 0.3 is 5.97 Å². The van der Waals surface area contributed by atoms with Crippen LogP contribution in [0.2, 0.25) is 0 Å². The number of hydrogen-bond acceptors (Lipinski definition) is 9. The summed E-state index contributed by atoms with van der Waals surface area (Å²) in [5.74, 6) is -0.120. The van der Waals surface area contributed by atoms with Crippen molar-refractivity contribution in [3.63, 3.8) is 0 Å². The lowest BCUT2D eigenvalue weighted by Crippen LogP contribution is -2.46. The maximum Gasteiger partial charge on any atom is 0.335 e. The Bertz CT molecular complexity index is 1660. The molecule has 3 aromatic rings. The molecule has 2 saturated heterocycles. The average Bonchev–Trinajstić information content (AvgIpc) is 3.32. The van der Waals surface area contributed by atoms with Gasteiger partial charge in [-0.2, -0.15) is 10.3 Å². The molecule has 0 spiro atoms. The molecule has 0 bridgehead atoms. The van der Waals surface area contributed by atoms with E-state index in [1.54, 1.807) is 18.2 Å². The van der Waals surface area contributed by atoms with Crippen LogP contribution in [0.4, 0.5) is 8.78 Å². The second kappa shape index (κ2) is 12.6. The summed E-state index contributed by atoms with van der Waals surface area (Å²) in [6.45, 7) is 2.80. The van der Waals surface area contributed by atoms with Crippen molar-refractivity contribution in [3.8, 4) is 11.8 Å². The number of halogens is 2. The first-order valence-corrected chi connectivity index (χ1v) is 14.5. The standard InChI is InChI=1S/C31H32F2N6O5/c1-37-9-7-30(36-29(37)18-43-26-5-2-19(14-34)12-22(26)32)44-27-6-10-38(16-23(27)33)17-28-35-24-4-3-20(31(40)41)13-25(24)39(28)15-21-8-11-42-21/h2-5,7,12-13,21,23,27H,6,8-11,15-18H2,1H3,(H,40,41)/t21-,23-,27-/m0/s1. The van der Waals surface area contributed by atoms with Gasteiger partial charge in [0.1, 0.15) is 30.5 Å². The molecule has 0 unspecified atom stereocenters. The average molecular weight is 607 g/mol. The lowest BCUT2D eigenvalue weighted by atomic mass is 10.1. The van der Waals surface area contributed by atoms with E-state index < -0.39 is 24.1 Å². The SMILES string of the molecule is CN1CC=C(O[C@H]2CCN(Cc3nc4ccc(C(=O)O)cc4n3C[C@@H]3CCO3)C[C@@H]2F)N=C1COc1ccc(C#N)cc1F. The van der Waals surface area contributed by atoms with Crippen LogP contribution in [0.15, 0.2) is 53.3 Å². The molecular weight excluding hydrogens is 574 g/mol. The zero-order valence-corrected chi connectivity index (χ0v) is 24.2. The Balaban J connectivity index is 1.09. The number of benzene rings is 2. The number of carboxylic acid groups (broad SMARTS) is 1. The van der Waals surface area contributed by atoms with Crippen molar-refractivity contribution >= 4 is 22.8 Å². The van der Waals surface area contributed by atoms with Gasteiger partial charge in [0.15, 0.2) is 11.6 Å². The number of aliphatic imine (C=N–C) groups is 1. The van der Waals surface area contributed by atoms with Crippen molar-refractivity contribution in [2.24, 2.45) is 4.99 Å². The second-order valence-electron chi connectivity index (χ2n) is 11.1. The van der Waals surface area contributed by atoms with Crippen molar-refractivity contribution in [3.05, 3.63) is 71.1 Å². The molecule has 4 heterocycles. The van der Waals surface area contributed by atoms with E-state index in [0.717, 1.165) is 23.8 Å². The number of carboxylic acids is 1. The van der Waals surface area contributed by atoms with Crippen LogP contribution < -0.4 is 4.74 Å². The molecule has 11 nitrogen and oxygen atoms in total. The van der Waals surface area contributed by atoms with Gasteiger partial charge in [-0.1, -0.05) is 0 Å². The highest BCUT2D eigenvalue weighted by molar-refractivity contribution is 5.92. The van der Waals surface area contributed by atoms with Crippen molar-refractivity contribution in [2.75, 3.05) is 39.9 Å². The van der Waals surface area contributed by atoms with Crippen molar-refractivity contribution in [1.82, 2.24) is 19.4 Å². The number of alkyl halides is 1. The van der Waals surface area contributed by atoms with Crippen molar-refractivity contribution in [2.45, 2.75) is 44.3 Å². The van der Waals surface area contributed by atoms with Crippen LogP contribution in [0.3, 0.4) is 0 Å². The molecule has 1 aromatic heterocycles. The van der Waals surface area contributed by atoms with Gasteiger partial charge in [0.25, 0.3) is 0 Å². The largest absolute Gasteiger partial charge is 0.483 e. The molecule has 44 heavy (non-hydrogen) atoms. The van der Waals surface area contributed by atoms with Crippen LogP contribution in [0.1, 0.15) is 34.6 Å². The number of aromatic carboxylic acids is 1. The first-order valence-electron chi connectivity index (χ1n) is 14.5. The highest BCUT2D eigenvalue weighted by Crippen LogP contribution is 2.27. The molecule has 0 aliphatic carbocycles. The van der Waals surface area contributed by atoms with Gasteiger partial charge in [-0.25, -0.2) is 18.6 Å². The van der Waals surface area contributed by atoms with E-state index in [1.807, 2.05) is 27.5 Å². The monoisotopic (exact) mass is 606 g/mol. The van der Waals surface area contributed by atoms with Crippen molar-refractivity contribution < 1.29 is 32.9 Å². The third-order valence-electron chi connectivity index (χ3n) is 8.09. The van der Waals surface area contributed by atoms with Crippen LogP contribution >= 0.6 is 0 Å². The fourth-order valence-corrected chi connectivity index (χ4v) is 5.47. The third kappa shape index (κ3) is 6.36. The molecule has 2 fully saturated rings. The van der Waals surface area contributed by atoms with Crippen LogP contribution in [0.5, 0.6) is 5.75 Å². The molecule has 0 saturated carbocycles. The lowest BCUT2D eigenvalue weighted by molar-refractivity contribution is -0.0595. The number of amidine groups is 1. The molecule has 0 amide bonds. The van der Waals surface area contributed by atoms with Gasteiger partial charge in [-0.05, 0) is 48.9 Å². The number of ether oxygens (including phenoxy) is 3. The van der Waals surface area contributed by atoms with E-state index in [9.17, 15) is 14.3 Å². The van der Waals surface area contributed by atoms with Gasteiger partial charge in [0, 0.05) is 39.7 Å². The van der Waals surface area contributed by atoms with Crippen LogP contribution in [0, 0.1) is 17.1 Å². The van der Waals surface area contributed by atoms with Crippen molar-refractivity contribution in [1.29, 1.82) is 5.26 Å². The van der Waals surface area contributed by atoms with Crippen LogP contribution in [-0.4, -0.2) is 94.5 Å². The molecule has 3 aliphatic rings. The minimum Gasteiger partial charge on any atom is -0.483 e. The Morgan fingerprint density at radius 1 is 1.25 bits per heavy atom. The Kier molecular flexibility index (Phi) is 8.45. The van der Waals surface area contributed by atoms with E-state index in [-0.39, 0.29) is 36.1 Å². The smallest absolute Gasteiger partial charge is 0.335 e. The predicted molar refractivity (Wildman–Crippen MR) is 155 cm³/mol. The van der Waals surface area contributed by atoms with Gasteiger partial charge in [-0.3, -0.25) is 4.90 Å². The van der Waals surface area contributed by atoms with Gasteiger partial charge < -0.3 is 28.8 Å². The van der Waals surface area contributed by atoms with Gasteiger partial charge in [-0.15, -0.1) is 0 Å². The zero-order chi connectivity index (χ0) is 30.8. The molecule has 0 radical (unpaired) electrons. The van der Waals surface area contributed by atoms with Gasteiger partial charge in [0.2, 0.25) is 5.88 Å². The van der Waals surface area contributed by atoms with E-state index in [2.05, 4.69) is 4.99 Å². The normalized spacial score (nSPS) is 22.1. The second-order valence-corrected chi connectivity index (χ2v) is 11.1. The Morgan fingerprint density at radius 3 is 2.80 bits per heavy atom.